The Labute approximate surface area is 156 Å². The molecule has 0 aliphatic carbocycles. The Bertz CT molecular complexity index is 726. The van der Waals surface area contributed by atoms with Crippen molar-refractivity contribution in [1.82, 2.24) is 15.0 Å². The van der Waals surface area contributed by atoms with Gasteiger partial charge >= 0.3 is 0 Å². The van der Waals surface area contributed by atoms with Crippen LogP contribution >= 0.6 is 24.8 Å². The summed E-state index contributed by atoms with van der Waals surface area (Å²) in [5.41, 5.74) is 0. The van der Waals surface area contributed by atoms with Crippen LogP contribution in [0.25, 0.3) is 10.8 Å². The maximum atomic E-state index is 12.4. The molecule has 0 amide bonds. The van der Waals surface area contributed by atoms with E-state index in [4.69, 9.17) is 0 Å². The van der Waals surface area contributed by atoms with Gasteiger partial charge in [0.15, 0.2) is 0 Å². The first-order chi connectivity index (χ1) is 10.5. The molecule has 0 saturated heterocycles. The van der Waals surface area contributed by atoms with Gasteiger partial charge in [-0.15, -0.1) is 24.8 Å². The average Bonchev–Trinajstić information content (AvgIpc) is 2.50. The average molecular weight is 394 g/mol. The maximum Gasteiger partial charge on any atom is 0.240 e. The summed E-state index contributed by atoms with van der Waals surface area (Å²) in [5.74, 6) is 0. The zero-order valence-electron chi connectivity index (χ0n) is 13.9. The predicted octanol–water partition coefficient (Wildman–Crippen LogP) is 3.13. The number of benzene rings is 1. The van der Waals surface area contributed by atoms with Crippen molar-refractivity contribution < 1.29 is 8.42 Å². The molecular formula is C16H25Cl2N3O2S. The van der Waals surface area contributed by atoms with Gasteiger partial charge in [-0.05, 0) is 43.5 Å². The summed E-state index contributed by atoms with van der Waals surface area (Å²) >= 11 is 0. The van der Waals surface area contributed by atoms with E-state index < -0.39 is 10.0 Å². The fourth-order valence-electron chi connectivity index (χ4n) is 2.22. The van der Waals surface area contributed by atoms with E-state index in [2.05, 4.69) is 21.9 Å². The lowest BCUT2D eigenvalue weighted by molar-refractivity contribution is 0.531. The number of fused-ring (bicyclic) bond motifs is 1. The Morgan fingerprint density at radius 1 is 1.17 bits per heavy atom. The van der Waals surface area contributed by atoms with E-state index in [9.17, 15) is 8.42 Å². The monoisotopic (exact) mass is 393 g/mol. The van der Waals surface area contributed by atoms with E-state index in [0.29, 0.717) is 6.54 Å². The van der Waals surface area contributed by atoms with Crippen molar-refractivity contribution >= 4 is 45.6 Å². The molecule has 0 saturated carbocycles. The highest BCUT2D eigenvalue weighted by Gasteiger charge is 2.17. The summed E-state index contributed by atoms with van der Waals surface area (Å²) in [5, 5.41) is 5.05. The van der Waals surface area contributed by atoms with Crippen LogP contribution in [0.4, 0.5) is 0 Å². The lowest BCUT2D eigenvalue weighted by Gasteiger charge is -2.15. The van der Waals surface area contributed by atoms with Crippen LogP contribution in [0.2, 0.25) is 0 Å². The summed E-state index contributed by atoms with van der Waals surface area (Å²) in [6.45, 7) is 5.52. The van der Waals surface area contributed by atoms with Crippen molar-refractivity contribution in [3.8, 4) is 0 Å². The Morgan fingerprint density at radius 2 is 1.92 bits per heavy atom. The van der Waals surface area contributed by atoms with Crippen molar-refractivity contribution in [2.75, 3.05) is 13.1 Å². The normalized spacial score (nSPS) is 12.2. The highest BCUT2D eigenvalue weighted by molar-refractivity contribution is 7.89. The minimum atomic E-state index is -3.50. The smallest absolute Gasteiger partial charge is 0.240 e. The first-order valence-corrected chi connectivity index (χ1v) is 9.08. The Morgan fingerprint density at radius 3 is 2.62 bits per heavy atom. The van der Waals surface area contributed by atoms with Gasteiger partial charge in [0.05, 0.1) is 4.90 Å². The Kier molecular flexibility index (Phi) is 10.4. The van der Waals surface area contributed by atoms with Crippen LogP contribution in [0, 0.1) is 0 Å². The second-order valence-corrected chi connectivity index (χ2v) is 7.18. The van der Waals surface area contributed by atoms with Gasteiger partial charge in [0.2, 0.25) is 10.0 Å². The Hall–Kier alpha value is -0.920. The second kappa shape index (κ2) is 10.8. The molecule has 2 aromatic rings. The van der Waals surface area contributed by atoms with E-state index in [1.54, 1.807) is 30.6 Å². The van der Waals surface area contributed by atoms with Gasteiger partial charge in [-0.25, -0.2) is 13.1 Å². The van der Waals surface area contributed by atoms with Gasteiger partial charge < -0.3 is 5.32 Å². The summed E-state index contributed by atoms with van der Waals surface area (Å²) < 4.78 is 27.5. The number of nitrogens with one attached hydrogen (secondary N) is 2. The number of unbranched alkanes of at least 4 members (excludes halogenated alkanes) is 1. The number of sulfonamides is 1. The van der Waals surface area contributed by atoms with E-state index >= 15 is 0 Å². The summed E-state index contributed by atoms with van der Waals surface area (Å²) in [6, 6.07) is 6.72. The molecule has 0 fully saturated rings. The molecule has 0 spiro atoms. The molecule has 1 aromatic carbocycles. The van der Waals surface area contributed by atoms with Gasteiger partial charge in [0.25, 0.3) is 0 Å². The molecular weight excluding hydrogens is 369 g/mol. The number of rotatable bonds is 8. The van der Waals surface area contributed by atoms with Crippen LogP contribution in [-0.2, 0) is 10.0 Å². The largest absolute Gasteiger partial charge is 0.315 e. The van der Waals surface area contributed by atoms with Crippen LogP contribution in [0.3, 0.4) is 0 Å². The molecule has 0 bridgehead atoms. The Balaban J connectivity index is 0.00000264. The summed E-state index contributed by atoms with van der Waals surface area (Å²) in [4.78, 5) is 4.31. The minimum Gasteiger partial charge on any atom is -0.315 e. The first kappa shape index (κ1) is 23.1. The quantitative estimate of drug-likeness (QED) is 0.675. The molecule has 2 rings (SSSR count). The molecule has 24 heavy (non-hydrogen) atoms. The number of hydrogen-bond donors (Lipinski definition) is 2. The molecule has 0 radical (unpaired) electrons. The molecule has 2 N–H and O–H groups in total. The molecule has 1 unspecified atom stereocenters. The summed E-state index contributed by atoms with van der Waals surface area (Å²) in [6.07, 6.45) is 5.60. The second-order valence-electron chi connectivity index (χ2n) is 5.46. The topological polar surface area (TPSA) is 71.1 Å². The highest BCUT2D eigenvalue weighted by atomic mass is 35.5. The van der Waals surface area contributed by atoms with Gasteiger partial charge in [0.1, 0.15) is 0 Å². The van der Waals surface area contributed by atoms with Crippen LogP contribution in [-0.4, -0.2) is 32.5 Å². The lowest BCUT2D eigenvalue weighted by atomic mass is 10.2. The van der Waals surface area contributed by atoms with E-state index in [-0.39, 0.29) is 35.8 Å². The third kappa shape index (κ3) is 6.53. The number of nitrogens with zero attached hydrogens (tertiary/aromatic N) is 1. The van der Waals surface area contributed by atoms with Crippen LogP contribution < -0.4 is 10.0 Å². The third-order valence-electron chi connectivity index (χ3n) is 3.44. The zero-order valence-corrected chi connectivity index (χ0v) is 16.3. The fraction of sp³-hybridized carbons (Fsp3) is 0.438. The van der Waals surface area contributed by atoms with Crippen molar-refractivity contribution in [3.63, 3.8) is 0 Å². The van der Waals surface area contributed by atoms with E-state index in [0.717, 1.165) is 30.2 Å². The number of pyridine rings is 1. The molecule has 8 heteroatoms. The van der Waals surface area contributed by atoms with Gasteiger partial charge in [-0.2, -0.15) is 0 Å². The zero-order chi connectivity index (χ0) is 16.0. The lowest BCUT2D eigenvalue weighted by Crippen LogP contribution is -2.40. The summed E-state index contributed by atoms with van der Waals surface area (Å²) in [7, 11) is -3.50. The molecule has 1 aromatic heterocycles. The minimum absolute atomic E-state index is 0. The van der Waals surface area contributed by atoms with E-state index in [1.165, 1.54) is 0 Å². The van der Waals surface area contributed by atoms with Gasteiger partial charge in [0, 0.05) is 30.4 Å². The van der Waals surface area contributed by atoms with Crippen molar-refractivity contribution in [2.45, 2.75) is 37.6 Å². The maximum absolute atomic E-state index is 12.4. The fourth-order valence-corrected chi connectivity index (χ4v) is 3.50. The van der Waals surface area contributed by atoms with Crippen molar-refractivity contribution in [1.29, 1.82) is 0 Å². The molecule has 0 aliphatic heterocycles. The SMILES string of the molecule is CCCCNCC(C)NS(=O)(=O)c1ccc2cnccc2c1.Cl.Cl. The molecule has 0 aliphatic rings. The molecule has 1 heterocycles. The van der Waals surface area contributed by atoms with E-state index in [1.807, 2.05) is 13.0 Å². The van der Waals surface area contributed by atoms with Crippen molar-refractivity contribution in [2.24, 2.45) is 0 Å². The number of aromatic nitrogens is 1. The van der Waals surface area contributed by atoms with Crippen molar-refractivity contribution in [3.05, 3.63) is 36.7 Å². The van der Waals surface area contributed by atoms with Gasteiger partial charge in [-0.1, -0.05) is 19.4 Å². The first-order valence-electron chi connectivity index (χ1n) is 7.60. The molecule has 1 atom stereocenters. The van der Waals surface area contributed by atoms with Crippen LogP contribution in [0.5, 0.6) is 0 Å². The highest BCUT2D eigenvalue weighted by Crippen LogP contribution is 2.18. The van der Waals surface area contributed by atoms with Gasteiger partial charge in [-0.3, -0.25) is 4.98 Å². The molecule has 136 valence electrons. The third-order valence-corrected chi connectivity index (χ3v) is 5.02. The number of hydrogen-bond acceptors (Lipinski definition) is 4. The predicted molar refractivity (Wildman–Crippen MR) is 104 cm³/mol. The van der Waals surface area contributed by atoms with Crippen LogP contribution in [0.15, 0.2) is 41.6 Å². The molecule has 5 nitrogen and oxygen atoms in total. The number of halogens is 2. The van der Waals surface area contributed by atoms with Crippen LogP contribution in [0.1, 0.15) is 26.7 Å². The standard InChI is InChI=1S/C16H23N3O2S.2ClH/c1-3-4-8-17-11-13(2)19-22(20,21)16-6-5-15-12-18-9-7-14(15)10-16;;/h5-7,9-10,12-13,17,19H,3-4,8,11H2,1-2H3;2*1H.